The van der Waals surface area contributed by atoms with E-state index in [4.69, 9.17) is 42.5 Å². The maximum Gasteiger partial charge on any atom is 0.408 e. The fourth-order valence-electron chi connectivity index (χ4n) is 8.21. The van der Waals surface area contributed by atoms with E-state index in [1.165, 1.54) is 6.42 Å². The molecule has 226 valence electrons. The summed E-state index contributed by atoms with van der Waals surface area (Å²) in [5.41, 5.74) is 1.73. The molecule has 4 bridgehead atoms. The van der Waals surface area contributed by atoms with Gasteiger partial charge in [-0.15, -0.1) is 23.2 Å². The highest BCUT2D eigenvalue weighted by Crippen LogP contribution is 2.63. The van der Waals surface area contributed by atoms with Gasteiger partial charge in [-0.1, -0.05) is 12.1 Å². The molecule has 3 unspecified atom stereocenters. The molecule has 41 heavy (non-hydrogen) atoms. The van der Waals surface area contributed by atoms with Gasteiger partial charge in [0.25, 0.3) is 0 Å². The lowest BCUT2D eigenvalue weighted by molar-refractivity contribution is -0.390. The van der Waals surface area contributed by atoms with Crippen LogP contribution in [0.4, 0.5) is 10.5 Å². The molecule has 2 spiro atoms. The zero-order valence-corrected chi connectivity index (χ0v) is 24.8. The molecule has 1 aliphatic heterocycles. The number of carboxylic acids is 1. The Hall–Kier alpha value is -1.78. The first kappa shape index (κ1) is 29.3. The number of anilines is 1. The third-order valence-electron chi connectivity index (χ3n) is 9.88. The minimum absolute atomic E-state index is 0.123. The number of hydrogen-bond acceptors (Lipinski definition) is 7. The Morgan fingerprint density at radius 1 is 1.02 bits per heavy atom. The van der Waals surface area contributed by atoms with Gasteiger partial charge in [-0.25, -0.2) is 9.59 Å². The van der Waals surface area contributed by atoms with Crippen molar-refractivity contribution in [1.29, 1.82) is 0 Å². The van der Waals surface area contributed by atoms with E-state index in [9.17, 15) is 14.7 Å². The molecule has 1 amide bonds. The van der Waals surface area contributed by atoms with Crippen LogP contribution in [-0.2, 0) is 30.5 Å². The van der Waals surface area contributed by atoms with Crippen LogP contribution in [0.3, 0.4) is 0 Å². The molecule has 3 atom stereocenters. The Balaban J connectivity index is 1.04. The number of nitrogens with zero attached hydrogens (tertiary/aromatic N) is 1. The Labute approximate surface area is 251 Å². The van der Waals surface area contributed by atoms with Gasteiger partial charge in [0.05, 0.1) is 0 Å². The number of carboxylic acid groups (broad SMARTS) is 1. The number of benzene rings is 1. The van der Waals surface area contributed by atoms with E-state index in [2.05, 4.69) is 10.2 Å². The van der Waals surface area contributed by atoms with Gasteiger partial charge < -0.3 is 24.8 Å². The van der Waals surface area contributed by atoms with E-state index in [1.807, 2.05) is 24.3 Å². The standard InChI is InChI=1S/C30H40Cl2N2O7/c31-8-10-34(11-9-32)24-5-3-19(4-6-24)17-26(27(35)36)33-28(37)38-25-2-1-7-29(18-25)39-30(41-40-29)22-13-20-12-21(15-22)16-23(30)14-20/h3-6,20-23,25-26H,1-2,7-18H2,(H,33,37)(H,35,36). The van der Waals surface area contributed by atoms with Crippen molar-refractivity contribution in [2.45, 2.75) is 87.9 Å². The molecule has 9 nitrogen and oxygen atoms in total. The number of carbonyl (C=O) groups is 2. The van der Waals surface area contributed by atoms with Crippen LogP contribution in [0.25, 0.3) is 0 Å². The summed E-state index contributed by atoms with van der Waals surface area (Å²) in [6, 6.07) is 6.40. The average Bonchev–Trinajstić information content (AvgIpc) is 3.30. The Bertz CT molecular complexity index is 1070. The molecule has 1 saturated heterocycles. The van der Waals surface area contributed by atoms with Gasteiger partial charge in [-0.05, 0) is 74.5 Å². The summed E-state index contributed by atoms with van der Waals surface area (Å²) in [4.78, 5) is 39.0. The molecule has 2 N–H and O–H groups in total. The van der Waals surface area contributed by atoms with Crippen molar-refractivity contribution in [3.05, 3.63) is 29.8 Å². The van der Waals surface area contributed by atoms with Crippen LogP contribution in [-0.4, -0.2) is 65.7 Å². The quantitative estimate of drug-likeness (QED) is 0.266. The van der Waals surface area contributed by atoms with Gasteiger partial charge >= 0.3 is 12.1 Å². The van der Waals surface area contributed by atoms with Crippen molar-refractivity contribution in [3.63, 3.8) is 0 Å². The van der Waals surface area contributed by atoms with Crippen LogP contribution in [0, 0.1) is 23.7 Å². The van der Waals surface area contributed by atoms with Crippen LogP contribution >= 0.6 is 23.2 Å². The highest BCUT2D eigenvalue weighted by atomic mass is 35.5. The second-order valence-corrected chi connectivity index (χ2v) is 13.4. The number of alkyl halides is 2. The fourth-order valence-corrected chi connectivity index (χ4v) is 8.62. The third-order valence-corrected chi connectivity index (χ3v) is 10.2. The van der Waals surface area contributed by atoms with Gasteiger partial charge in [0.1, 0.15) is 12.1 Å². The molecule has 0 radical (unpaired) electrons. The predicted molar refractivity (Wildman–Crippen MR) is 153 cm³/mol. The topological polar surface area (TPSA) is 107 Å². The molecule has 1 heterocycles. The maximum atomic E-state index is 12.9. The highest BCUT2D eigenvalue weighted by Gasteiger charge is 2.67. The second-order valence-electron chi connectivity index (χ2n) is 12.6. The highest BCUT2D eigenvalue weighted by molar-refractivity contribution is 6.18. The minimum Gasteiger partial charge on any atom is -0.480 e. The summed E-state index contributed by atoms with van der Waals surface area (Å²) in [5, 5.41) is 12.4. The zero-order valence-electron chi connectivity index (χ0n) is 23.3. The summed E-state index contributed by atoms with van der Waals surface area (Å²) in [6.07, 6.45) is 7.25. The smallest absolute Gasteiger partial charge is 0.408 e. The van der Waals surface area contributed by atoms with Crippen LogP contribution in [0.5, 0.6) is 0 Å². The van der Waals surface area contributed by atoms with E-state index in [-0.39, 0.29) is 6.42 Å². The van der Waals surface area contributed by atoms with Gasteiger partial charge in [-0.3, -0.25) is 0 Å². The first-order valence-corrected chi connectivity index (χ1v) is 16.1. The lowest BCUT2D eigenvalue weighted by atomic mass is 9.53. The van der Waals surface area contributed by atoms with Gasteiger partial charge in [0.2, 0.25) is 11.6 Å². The van der Waals surface area contributed by atoms with E-state index >= 15 is 0 Å². The molecule has 5 saturated carbocycles. The van der Waals surface area contributed by atoms with Crippen molar-refractivity contribution in [2.75, 3.05) is 29.7 Å². The molecular weight excluding hydrogens is 571 g/mol. The van der Waals surface area contributed by atoms with Gasteiger partial charge in [0, 0.05) is 61.6 Å². The van der Waals surface area contributed by atoms with Crippen LogP contribution in [0.2, 0.25) is 0 Å². The molecular formula is C30H40Cl2N2O7. The molecule has 7 rings (SSSR count). The number of hydrogen-bond donors (Lipinski definition) is 2. The largest absolute Gasteiger partial charge is 0.480 e. The van der Waals surface area contributed by atoms with Crippen molar-refractivity contribution in [1.82, 2.24) is 5.32 Å². The van der Waals surface area contributed by atoms with Crippen molar-refractivity contribution in [2.24, 2.45) is 23.7 Å². The van der Waals surface area contributed by atoms with E-state index in [0.717, 1.165) is 55.2 Å². The van der Waals surface area contributed by atoms with Crippen molar-refractivity contribution < 1.29 is 33.9 Å². The monoisotopic (exact) mass is 610 g/mol. The van der Waals surface area contributed by atoms with Crippen LogP contribution in [0.1, 0.15) is 63.4 Å². The summed E-state index contributed by atoms with van der Waals surface area (Å²) in [5.74, 6) is 0.494. The third kappa shape index (κ3) is 6.03. The van der Waals surface area contributed by atoms with E-state index in [1.54, 1.807) is 0 Å². The Morgan fingerprint density at radius 2 is 1.68 bits per heavy atom. The molecule has 6 fully saturated rings. The Morgan fingerprint density at radius 3 is 2.29 bits per heavy atom. The molecule has 5 aliphatic carbocycles. The molecule has 1 aromatic rings. The van der Waals surface area contributed by atoms with Gasteiger partial charge in [0.15, 0.2) is 0 Å². The van der Waals surface area contributed by atoms with Gasteiger partial charge in [-0.2, -0.15) is 9.78 Å². The fraction of sp³-hybridized carbons (Fsp3) is 0.733. The van der Waals surface area contributed by atoms with E-state index in [0.29, 0.717) is 55.9 Å². The first-order chi connectivity index (χ1) is 19.8. The number of halogens is 2. The van der Waals surface area contributed by atoms with Crippen molar-refractivity contribution in [3.8, 4) is 0 Å². The van der Waals surface area contributed by atoms with Crippen LogP contribution in [0.15, 0.2) is 24.3 Å². The number of amides is 1. The lowest BCUT2D eigenvalue weighted by Gasteiger charge is -2.57. The second kappa shape index (κ2) is 12.1. The SMILES string of the molecule is O=C(NC(Cc1ccc(N(CCCl)CCCl)cc1)C(=O)O)OC1CCCC2(C1)OOC1(O2)C2CC3CC(C2)CC1C3. The number of ether oxygens (including phenoxy) is 2. The summed E-state index contributed by atoms with van der Waals surface area (Å²) in [6.45, 7) is 1.32. The molecule has 1 aromatic carbocycles. The molecule has 0 aromatic heterocycles. The van der Waals surface area contributed by atoms with Crippen LogP contribution < -0.4 is 10.2 Å². The number of aliphatic carboxylic acids is 1. The van der Waals surface area contributed by atoms with Crippen molar-refractivity contribution >= 4 is 41.0 Å². The number of rotatable bonds is 10. The number of alkyl carbamates (subject to hydrolysis) is 1. The first-order valence-electron chi connectivity index (χ1n) is 15.0. The number of carbonyl (C=O) groups excluding carboxylic acids is 1. The summed E-state index contributed by atoms with van der Waals surface area (Å²) >= 11 is 11.8. The average molecular weight is 612 g/mol. The maximum absolute atomic E-state index is 12.9. The number of nitrogens with one attached hydrogen (secondary N) is 1. The minimum atomic E-state index is -1.13. The molecule has 6 aliphatic rings. The Kier molecular flexibility index (Phi) is 8.63. The molecule has 11 heteroatoms. The van der Waals surface area contributed by atoms with E-state index < -0.39 is 35.8 Å². The summed E-state index contributed by atoms with van der Waals surface area (Å²) < 4.78 is 12.5. The predicted octanol–water partition coefficient (Wildman–Crippen LogP) is 5.46. The zero-order chi connectivity index (χ0) is 28.6. The normalized spacial score (nSPS) is 36.0. The lowest BCUT2D eigenvalue weighted by Crippen LogP contribution is -2.59. The summed E-state index contributed by atoms with van der Waals surface area (Å²) in [7, 11) is 0.